The maximum atomic E-state index is 6.34. The average Bonchev–Trinajstić information content (AvgIpc) is 2.58. The molecule has 1 unspecified atom stereocenters. The molecule has 2 heteroatoms. The van der Waals surface area contributed by atoms with Gasteiger partial charge in [0.25, 0.3) is 0 Å². The summed E-state index contributed by atoms with van der Waals surface area (Å²) >= 11 is 1.80. The average molecular weight is 231 g/mol. The van der Waals surface area contributed by atoms with Crippen LogP contribution < -0.4 is 5.73 Å². The number of thiophene rings is 1. The lowest BCUT2D eigenvalue weighted by Gasteiger charge is -2.14. The minimum Gasteiger partial charge on any atom is -0.320 e. The van der Waals surface area contributed by atoms with Crippen molar-refractivity contribution in [2.45, 2.75) is 26.8 Å². The molecular weight excluding hydrogens is 214 g/mol. The van der Waals surface area contributed by atoms with Gasteiger partial charge in [0.2, 0.25) is 0 Å². The SMILES string of the molecule is Cc1cc(C)c(C(N)c2ccccc2C)s1. The van der Waals surface area contributed by atoms with Crippen molar-refractivity contribution in [3.05, 3.63) is 56.8 Å². The van der Waals surface area contributed by atoms with E-state index in [2.05, 4.69) is 51.1 Å². The number of hydrogen-bond acceptors (Lipinski definition) is 2. The number of aryl methyl sites for hydroxylation is 3. The third kappa shape index (κ3) is 2.04. The van der Waals surface area contributed by atoms with Crippen LogP contribution in [0.5, 0.6) is 0 Å². The quantitative estimate of drug-likeness (QED) is 0.837. The van der Waals surface area contributed by atoms with Gasteiger partial charge in [-0.2, -0.15) is 0 Å². The van der Waals surface area contributed by atoms with E-state index in [1.165, 1.54) is 26.4 Å². The van der Waals surface area contributed by atoms with Crippen molar-refractivity contribution in [1.82, 2.24) is 0 Å². The molecule has 1 atom stereocenters. The number of hydrogen-bond donors (Lipinski definition) is 1. The standard InChI is InChI=1S/C14H17NS/c1-9-6-4-5-7-12(9)13(15)14-10(2)8-11(3)16-14/h4-8,13H,15H2,1-3H3. The lowest BCUT2D eigenvalue weighted by molar-refractivity contribution is 0.875. The van der Waals surface area contributed by atoms with Gasteiger partial charge in [-0.25, -0.2) is 0 Å². The van der Waals surface area contributed by atoms with Gasteiger partial charge in [0, 0.05) is 9.75 Å². The molecule has 1 aromatic carbocycles. The van der Waals surface area contributed by atoms with Gasteiger partial charge in [0.05, 0.1) is 6.04 Å². The summed E-state index contributed by atoms with van der Waals surface area (Å²) in [5.41, 5.74) is 10.1. The first-order chi connectivity index (χ1) is 7.59. The van der Waals surface area contributed by atoms with Crippen molar-refractivity contribution in [2.24, 2.45) is 5.73 Å². The summed E-state index contributed by atoms with van der Waals surface area (Å²) in [5, 5.41) is 0. The van der Waals surface area contributed by atoms with Crippen molar-refractivity contribution in [3.8, 4) is 0 Å². The minimum absolute atomic E-state index is 0.0138. The molecule has 0 spiro atoms. The van der Waals surface area contributed by atoms with Gasteiger partial charge in [-0.3, -0.25) is 0 Å². The van der Waals surface area contributed by atoms with Crippen LogP contribution in [0.25, 0.3) is 0 Å². The first-order valence-electron chi connectivity index (χ1n) is 5.47. The van der Waals surface area contributed by atoms with Crippen LogP contribution in [0.2, 0.25) is 0 Å². The minimum atomic E-state index is 0.0138. The fraction of sp³-hybridized carbons (Fsp3) is 0.286. The monoisotopic (exact) mass is 231 g/mol. The van der Waals surface area contributed by atoms with Crippen molar-refractivity contribution >= 4 is 11.3 Å². The zero-order valence-electron chi connectivity index (χ0n) is 9.95. The first-order valence-corrected chi connectivity index (χ1v) is 6.29. The molecule has 0 saturated heterocycles. The molecule has 0 aliphatic carbocycles. The van der Waals surface area contributed by atoms with Gasteiger partial charge >= 0.3 is 0 Å². The second kappa shape index (κ2) is 4.40. The van der Waals surface area contributed by atoms with Crippen LogP contribution in [0.3, 0.4) is 0 Å². The molecule has 0 bridgehead atoms. The third-order valence-electron chi connectivity index (χ3n) is 2.89. The Morgan fingerprint density at radius 2 is 1.75 bits per heavy atom. The van der Waals surface area contributed by atoms with E-state index in [0.717, 1.165) is 0 Å². The van der Waals surface area contributed by atoms with Crippen LogP contribution in [0.15, 0.2) is 30.3 Å². The van der Waals surface area contributed by atoms with Crippen molar-refractivity contribution < 1.29 is 0 Å². The van der Waals surface area contributed by atoms with E-state index in [-0.39, 0.29) is 6.04 Å². The molecule has 16 heavy (non-hydrogen) atoms. The molecule has 1 heterocycles. The van der Waals surface area contributed by atoms with E-state index in [9.17, 15) is 0 Å². The van der Waals surface area contributed by atoms with Gasteiger partial charge in [0.1, 0.15) is 0 Å². The lowest BCUT2D eigenvalue weighted by atomic mass is 9.99. The highest BCUT2D eigenvalue weighted by Gasteiger charge is 2.15. The molecule has 1 aromatic heterocycles. The van der Waals surface area contributed by atoms with Crippen LogP contribution in [-0.2, 0) is 0 Å². The molecule has 1 nitrogen and oxygen atoms in total. The van der Waals surface area contributed by atoms with Crippen LogP contribution >= 0.6 is 11.3 Å². The highest BCUT2D eigenvalue weighted by Crippen LogP contribution is 2.31. The highest BCUT2D eigenvalue weighted by molar-refractivity contribution is 7.12. The Morgan fingerprint density at radius 1 is 1.06 bits per heavy atom. The second-order valence-electron chi connectivity index (χ2n) is 4.24. The second-order valence-corrected chi connectivity index (χ2v) is 5.53. The molecule has 0 amide bonds. The van der Waals surface area contributed by atoms with Crippen LogP contribution in [0, 0.1) is 20.8 Å². The van der Waals surface area contributed by atoms with E-state index in [1.54, 1.807) is 11.3 Å². The summed E-state index contributed by atoms with van der Waals surface area (Å²) in [6.07, 6.45) is 0. The van der Waals surface area contributed by atoms with Crippen molar-refractivity contribution in [3.63, 3.8) is 0 Å². The van der Waals surface area contributed by atoms with Crippen molar-refractivity contribution in [1.29, 1.82) is 0 Å². The van der Waals surface area contributed by atoms with Crippen molar-refractivity contribution in [2.75, 3.05) is 0 Å². The van der Waals surface area contributed by atoms with E-state index >= 15 is 0 Å². The summed E-state index contributed by atoms with van der Waals surface area (Å²) in [7, 11) is 0. The van der Waals surface area contributed by atoms with Gasteiger partial charge < -0.3 is 5.73 Å². The fourth-order valence-corrected chi connectivity index (χ4v) is 3.10. The molecule has 0 aliphatic rings. The fourth-order valence-electron chi connectivity index (χ4n) is 2.05. The molecule has 84 valence electrons. The smallest absolute Gasteiger partial charge is 0.0651 e. The first kappa shape index (κ1) is 11.4. The zero-order chi connectivity index (χ0) is 11.7. The molecule has 0 saturated carbocycles. The molecule has 2 N–H and O–H groups in total. The summed E-state index contributed by atoms with van der Waals surface area (Å²) in [6.45, 7) is 6.38. The zero-order valence-corrected chi connectivity index (χ0v) is 10.8. The van der Waals surface area contributed by atoms with Gasteiger partial charge in [-0.05, 0) is 43.5 Å². The molecular formula is C14H17NS. The summed E-state index contributed by atoms with van der Waals surface area (Å²) in [4.78, 5) is 2.61. The Hall–Kier alpha value is -1.12. The Morgan fingerprint density at radius 3 is 2.31 bits per heavy atom. The maximum absolute atomic E-state index is 6.34. The predicted molar refractivity (Wildman–Crippen MR) is 71.0 cm³/mol. The van der Waals surface area contributed by atoms with E-state index in [4.69, 9.17) is 5.73 Å². The summed E-state index contributed by atoms with van der Waals surface area (Å²) in [5.74, 6) is 0. The molecule has 2 aromatic rings. The van der Waals surface area contributed by atoms with E-state index in [1.807, 2.05) is 0 Å². The van der Waals surface area contributed by atoms with Gasteiger partial charge in [0.15, 0.2) is 0 Å². The predicted octanol–water partition coefficient (Wildman–Crippen LogP) is 3.72. The summed E-state index contributed by atoms with van der Waals surface area (Å²) in [6, 6.07) is 10.6. The number of rotatable bonds is 2. The maximum Gasteiger partial charge on any atom is 0.0651 e. The van der Waals surface area contributed by atoms with E-state index < -0.39 is 0 Å². The Labute approximate surface area is 101 Å². The molecule has 2 rings (SSSR count). The largest absolute Gasteiger partial charge is 0.320 e. The lowest BCUT2D eigenvalue weighted by Crippen LogP contribution is -2.12. The number of nitrogens with two attached hydrogens (primary N) is 1. The molecule has 0 fully saturated rings. The van der Waals surface area contributed by atoms with Crippen LogP contribution in [-0.4, -0.2) is 0 Å². The Bertz CT molecular complexity index is 499. The van der Waals surface area contributed by atoms with Crippen LogP contribution in [0.1, 0.15) is 32.5 Å². The topological polar surface area (TPSA) is 26.0 Å². The third-order valence-corrected chi connectivity index (χ3v) is 4.12. The Kier molecular flexibility index (Phi) is 3.13. The Balaban J connectivity index is 2.43. The summed E-state index contributed by atoms with van der Waals surface area (Å²) < 4.78 is 0. The number of benzene rings is 1. The normalized spacial score (nSPS) is 12.8. The molecule has 0 aliphatic heterocycles. The van der Waals surface area contributed by atoms with E-state index in [0.29, 0.717) is 0 Å². The van der Waals surface area contributed by atoms with Crippen LogP contribution in [0.4, 0.5) is 0 Å². The van der Waals surface area contributed by atoms with Gasteiger partial charge in [-0.1, -0.05) is 24.3 Å². The molecule has 0 radical (unpaired) electrons. The van der Waals surface area contributed by atoms with Gasteiger partial charge in [-0.15, -0.1) is 11.3 Å². The highest BCUT2D eigenvalue weighted by atomic mass is 32.1.